The lowest BCUT2D eigenvalue weighted by Gasteiger charge is -2.53. The van der Waals surface area contributed by atoms with E-state index in [0.717, 1.165) is 35.5 Å². The lowest BCUT2D eigenvalue weighted by atomic mass is 9.52. The Morgan fingerprint density at radius 3 is 2.28 bits per heavy atom. The normalized spacial score (nSPS) is 48.7. The Bertz CT molecular complexity index is 288. The lowest BCUT2D eigenvalue weighted by Crippen LogP contribution is -2.47. The molecule has 8 unspecified atom stereocenters. The van der Waals surface area contributed by atoms with Gasteiger partial charge in [-0.2, -0.15) is 0 Å². The molecule has 3 aliphatic rings. The zero-order valence-electron chi connectivity index (χ0n) is 12.9. The molecule has 0 aromatic heterocycles. The van der Waals surface area contributed by atoms with Gasteiger partial charge in [0.25, 0.3) is 0 Å². The van der Waals surface area contributed by atoms with E-state index < -0.39 is 0 Å². The van der Waals surface area contributed by atoms with Crippen LogP contribution in [-0.4, -0.2) is 0 Å². The van der Waals surface area contributed by atoms with Crippen LogP contribution < -0.4 is 0 Å². The van der Waals surface area contributed by atoms with Crippen molar-refractivity contribution in [3.8, 4) is 0 Å². The van der Waals surface area contributed by atoms with Gasteiger partial charge in [0.15, 0.2) is 0 Å². The first-order valence-corrected chi connectivity index (χ1v) is 8.67. The van der Waals surface area contributed by atoms with E-state index in [-0.39, 0.29) is 0 Å². The van der Waals surface area contributed by atoms with Crippen LogP contribution in [0.5, 0.6) is 0 Å². The summed E-state index contributed by atoms with van der Waals surface area (Å²) in [7, 11) is 0. The van der Waals surface area contributed by atoms with Gasteiger partial charge in [-0.3, -0.25) is 0 Å². The molecule has 0 aliphatic heterocycles. The van der Waals surface area contributed by atoms with Gasteiger partial charge >= 0.3 is 0 Å². The second kappa shape index (κ2) is 4.84. The van der Waals surface area contributed by atoms with Crippen molar-refractivity contribution in [1.29, 1.82) is 0 Å². The first kappa shape index (κ1) is 13.0. The summed E-state index contributed by atoms with van der Waals surface area (Å²) in [5.41, 5.74) is 0. The molecule has 3 aliphatic carbocycles. The van der Waals surface area contributed by atoms with Crippen LogP contribution in [-0.2, 0) is 0 Å². The maximum atomic E-state index is 2.51. The second-order valence-electron chi connectivity index (χ2n) is 7.81. The molecule has 0 N–H and O–H groups in total. The molecule has 3 rings (SSSR count). The quantitative estimate of drug-likeness (QED) is 0.613. The predicted octanol–water partition coefficient (Wildman–Crippen LogP) is 5.38. The highest BCUT2D eigenvalue weighted by Gasteiger charge is 2.60. The van der Waals surface area contributed by atoms with Crippen LogP contribution in [0.3, 0.4) is 0 Å². The fraction of sp³-hybridized carbons (Fsp3) is 1.00. The Morgan fingerprint density at radius 1 is 0.944 bits per heavy atom. The maximum absolute atomic E-state index is 2.51. The second-order valence-corrected chi connectivity index (χ2v) is 7.81. The first-order chi connectivity index (χ1) is 8.67. The monoisotopic (exact) mass is 248 g/mol. The third-order valence-electron chi connectivity index (χ3n) is 7.36. The topological polar surface area (TPSA) is 0 Å². The molecule has 0 aromatic rings. The molecule has 8 atom stereocenters. The minimum Gasteiger partial charge on any atom is -0.0651 e. The summed E-state index contributed by atoms with van der Waals surface area (Å²) in [4.78, 5) is 0. The van der Waals surface area contributed by atoms with E-state index in [2.05, 4.69) is 27.7 Å². The van der Waals surface area contributed by atoms with Gasteiger partial charge in [0.2, 0.25) is 0 Å². The molecular weight excluding hydrogens is 216 g/mol. The SMILES string of the molecule is CCC(C)C(C)CC1C(CC)C2C3CCC3CC12. The first-order valence-electron chi connectivity index (χ1n) is 8.67. The van der Waals surface area contributed by atoms with Crippen LogP contribution in [0.4, 0.5) is 0 Å². The van der Waals surface area contributed by atoms with E-state index in [9.17, 15) is 0 Å². The molecule has 3 saturated carbocycles. The van der Waals surface area contributed by atoms with Gasteiger partial charge in [-0.25, -0.2) is 0 Å². The van der Waals surface area contributed by atoms with Gasteiger partial charge in [-0.1, -0.05) is 40.5 Å². The number of hydrogen-bond donors (Lipinski definition) is 0. The standard InChI is InChI=1S/C18H32/c1-5-11(3)12(4)9-16-14(6-2)18-15-8-7-13(15)10-17(16)18/h11-18H,5-10H2,1-4H3. The van der Waals surface area contributed by atoms with Crippen LogP contribution in [0.2, 0.25) is 0 Å². The van der Waals surface area contributed by atoms with Crippen molar-refractivity contribution in [3.05, 3.63) is 0 Å². The third kappa shape index (κ3) is 1.78. The minimum atomic E-state index is 0.930. The third-order valence-corrected chi connectivity index (χ3v) is 7.36. The van der Waals surface area contributed by atoms with Crippen LogP contribution in [0.1, 0.15) is 66.2 Å². The zero-order valence-corrected chi connectivity index (χ0v) is 12.9. The Labute approximate surface area is 114 Å². The number of hydrogen-bond acceptors (Lipinski definition) is 0. The maximum Gasteiger partial charge on any atom is -0.0321 e. The van der Waals surface area contributed by atoms with E-state index in [4.69, 9.17) is 0 Å². The van der Waals surface area contributed by atoms with E-state index in [0.29, 0.717) is 0 Å². The summed E-state index contributed by atoms with van der Waals surface area (Å²) >= 11 is 0. The molecular formula is C18H32. The fourth-order valence-electron chi connectivity index (χ4n) is 5.76. The highest BCUT2D eigenvalue weighted by Crippen LogP contribution is 2.67. The average Bonchev–Trinajstić information content (AvgIpc) is 2.55. The lowest BCUT2D eigenvalue weighted by molar-refractivity contribution is -0.0501. The van der Waals surface area contributed by atoms with E-state index in [1.54, 1.807) is 19.3 Å². The van der Waals surface area contributed by atoms with Crippen LogP contribution in [0.25, 0.3) is 0 Å². The number of fused-ring (bicyclic) bond motifs is 3. The van der Waals surface area contributed by atoms with E-state index in [1.807, 2.05) is 0 Å². The summed E-state index contributed by atoms with van der Waals surface area (Å²) in [6.45, 7) is 9.78. The fourth-order valence-corrected chi connectivity index (χ4v) is 5.76. The Balaban J connectivity index is 1.62. The van der Waals surface area contributed by atoms with Crippen molar-refractivity contribution < 1.29 is 0 Å². The van der Waals surface area contributed by atoms with Crippen molar-refractivity contribution in [1.82, 2.24) is 0 Å². The average molecular weight is 248 g/mol. The summed E-state index contributed by atoms with van der Waals surface area (Å²) < 4.78 is 0. The predicted molar refractivity (Wildman–Crippen MR) is 78.3 cm³/mol. The Morgan fingerprint density at radius 2 is 1.72 bits per heavy atom. The highest BCUT2D eigenvalue weighted by atomic mass is 14.7. The molecule has 104 valence electrons. The van der Waals surface area contributed by atoms with Crippen molar-refractivity contribution >= 4 is 0 Å². The summed E-state index contributed by atoms with van der Waals surface area (Å²) in [5.74, 6) is 8.76. The zero-order chi connectivity index (χ0) is 12.9. The van der Waals surface area contributed by atoms with Gasteiger partial charge in [-0.05, 0) is 73.0 Å². The van der Waals surface area contributed by atoms with Crippen molar-refractivity contribution in [2.45, 2.75) is 66.2 Å². The summed E-state index contributed by atoms with van der Waals surface area (Å²) in [6.07, 6.45) is 9.13. The van der Waals surface area contributed by atoms with Gasteiger partial charge < -0.3 is 0 Å². The molecule has 3 fully saturated rings. The van der Waals surface area contributed by atoms with E-state index in [1.165, 1.54) is 31.1 Å². The van der Waals surface area contributed by atoms with Crippen molar-refractivity contribution in [2.75, 3.05) is 0 Å². The summed E-state index contributed by atoms with van der Waals surface area (Å²) in [6, 6.07) is 0. The van der Waals surface area contributed by atoms with Crippen LogP contribution in [0.15, 0.2) is 0 Å². The molecule has 18 heavy (non-hydrogen) atoms. The Kier molecular flexibility index (Phi) is 3.49. The molecule has 0 bridgehead atoms. The van der Waals surface area contributed by atoms with Crippen molar-refractivity contribution in [2.24, 2.45) is 47.3 Å². The van der Waals surface area contributed by atoms with Gasteiger partial charge in [-0.15, -0.1) is 0 Å². The molecule has 0 heteroatoms. The molecule has 0 amide bonds. The molecule has 0 radical (unpaired) electrons. The molecule has 0 spiro atoms. The number of rotatable bonds is 5. The van der Waals surface area contributed by atoms with Crippen LogP contribution in [0, 0.1) is 47.3 Å². The van der Waals surface area contributed by atoms with E-state index >= 15 is 0 Å². The molecule has 0 nitrogen and oxygen atoms in total. The Hall–Kier alpha value is 0. The van der Waals surface area contributed by atoms with Gasteiger partial charge in [0.05, 0.1) is 0 Å². The molecule has 0 saturated heterocycles. The molecule has 0 aromatic carbocycles. The summed E-state index contributed by atoms with van der Waals surface area (Å²) in [5, 5.41) is 0. The highest BCUT2D eigenvalue weighted by molar-refractivity contribution is 5.09. The van der Waals surface area contributed by atoms with Gasteiger partial charge in [0.1, 0.15) is 0 Å². The smallest absolute Gasteiger partial charge is 0.0321 e. The van der Waals surface area contributed by atoms with Crippen molar-refractivity contribution in [3.63, 3.8) is 0 Å². The van der Waals surface area contributed by atoms with Gasteiger partial charge in [0, 0.05) is 0 Å². The van der Waals surface area contributed by atoms with Crippen LogP contribution >= 0.6 is 0 Å². The largest absolute Gasteiger partial charge is 0.0651 e. The molecule has 0 heterocycles. The minimum absolute atomic E-state index is 0.930.